The number of carboxylic acid groups (broad SMARTS) is 1. The Bertz CT molecular complexity index is 742. The fourth-order valence-electron chi connectivity index (χ4n) is 1.92. The van der Waals surface area contributed by atoms with Crippen LogP contribution in [-0.2, 0) is 22.6 Å². The van der Waals surface area contributed by atoms with Gasteiger partial charge >= 0.3 is 12.1 Å². The van der Waals surface area contributed by atoms with Crippen LogP contribution in [-0.4, -0.2) is 23.7 Å². The molecule has 0 aliphatic carbocycles. The van der Waals surface area contributed by atoms with Crippen LogP contribution in [0.1, 0.15) is 16.7 Å². The van der Waals surface area contributed by atoms with Crippen molar-refractivity contribution in [3.8, 4) is 11.8 Å². The summed E-state index contributed by atoms with van der Waals surface area (Å²) in [6, 6.07) is 16.3. The Morgan fingerprint density at radius 2 is 1.71 bits per heavy atom. The number of amides is 1. The molecule has 24 heavy (non-hydrogen) atoms. The minimum Gasteiger partial charge on any atom is -0.481 e. The molecule has 0 atom stereocenters. The first-order valence-corrected chi connectivity index (χ1v) is 7.37. The van der Waals surface area contributed by atoms with E-state index in [0.29, 0.717) is 0 Å². The standard InChI is InChI=1S/C19H17NO4/c21-18(22)13-16-10-8-15(9-11-16)7-4-12-20-19(23)24-14-17-5-2-1-3-6-17/h1-3,5-6,8-11H,12-14H2,(H,20,23)(H,21,22). The van der Waals surface area contributed by atoms with Gasteiger partial charge in [-0.25, -0.2) is 4.79 Å². The van der Waals surface area contributed by atoms with Crippen LogP contribution in [0.25, 0.3) is 0 Å². The second-order valence-corrected chi connectivity index (χ2v) is 4.98. The molecule has 2 N–H and O–H groups in total. The number of benzene rings is 2. The van der Waals surface area contributed by atoms with Gasteiger partial charge in [0.2, 0.25) is 0 Å². The van der Waals surface area contributed by atoms with E-state index in [-0.39, 0.29) is 19.6 Å². The molecule has 0 aliphatic heterocycles. The van der Waals surface area contributed by atoms with Gasteiger partial charge in [-0.2, -0.15) is 0 Å². The van der Waals surface area contributed by atoms with Gasteiger partial charge in [-0.3, -0.25) is 4.79 Å². The van der Waals surface area contributed by atoms with Gasteiger partial charge in [0.1, 0.15) is 6.61 Å². The number of hydrogen-bond acceptors (Lipinski definition) is 3. The van der Waals surface area contributed by atoms with Crippen LogP contribution in [0.2, 0.25) is 0 Å². The first-order valence-electron chi connectivity index (χ1n) is 7.37. The number of ether oxygens (including phenoxy) is 1. The summed E-state index contributed by atoms with van der Waals surface area (Å²) in [5, 5.41) is 11.2. The normalized spacial score (nSPS) is 9.50. The Kier molecular flexibility index (Phi) is 6.42. The first-order chi connectivity index (χ1) is 11.6. The Labute approximate surface area is 140 Å². The molecule has 5 heteroatoms. The molecule has 0 radical (unpaired) electrons. The van der Waals surface area contributed by atoms with Crippen molar-refractivity contribution in [2.24, 2.45) is 0 Å². The minimum atomic E-state index is -0.868. The van der Waals surface area contributed by atoms with Crippen LogP contribution in [0.4, 0.5) is 4.79 Å². The highest BCUT2D eigenvalue weighted by atomic mass is 16.5. The van der Waals surface area contributed by atoms with Gasteiger partial charge in [0.05, 0.1) is 13.0 Å². The molecular formula is C19H17NO4. The van der Waals surface area contributed by atoms with Gasteiger partial charge in [-0.05, 0) is 23.3 Å². The highest BCUT2D eigenvalue weighted by molar-refractivity contribution is 5.70. The summed E-state index contributed by atoms with van der Waals surface area (Å²) < 4.78 is 5.06. The average molecular weight is 323 g/mol. The van der Waals surface area contributed by atoms with Crippen molar-refractivity contribution in [2.75, 3.05) is 6.54 Å². The van der Waals surface area contributed by atoms with E-state index in [1.165, 1.54) is 0 Å². The third kappa shape index (κ3) is 6.24. The highest BCUT2D eigenvalue weighted by Crippen LogP contribution is 2.04. The van der Waals surface area contributed by atoms with E-state index in [9.17, 15) is 9.59 Å². The average Bonchev–Trinajstić information content (AvgIpc) is 2.59. The predicted molar refractivity (Wildman–Crippen MR) is 89.3 cm³/mol. The summed E-state index contributed by atoms with van der Waals surface area (Å²) in [5.41, 5.74) is 2.39. The van der Waals surface area contributed by atoms with Gasteiger partial charge in [0.15, 0.2) is 0 Å². The maximum atomic E-state index is 11.5. The molecule has 0 spiro atoms. The lowest BCUT2D eigenvalue weighted by atomic mass is 10.1. The van der Waals surface area contributed by atoms with E-state index in [1.807, 2.05) is 30.3 Å². The molecule has 5 nitrogen and oxygen atoms in total. The van der Waals surface area contributed by atoms with Crippen molar-refractivity contribution >= 4 is 12.1 Å². The molecule has 0 saturated carbocycles. The summed E-state index contributed by atoms with van der Waals surface area (Å²) >= 11 is 0. The zero-order valence-corrected chi connectivity index (χ0v) is 13.0. The summed E-state index contributed by atoms with van der Waals surface area (Å²) in [4.78, 5) is 22.1. The van der Waals surface area contributed by atoms with Gasteiger partial charge in [0, 0.05) is 5.56 Å². The maximum absolute atomic E-state index is 11.5. The molecule has 0 unspecified atom stereocenters. The predicted octanol–water partition coefficient (Wildman–Crippen LogP) is 2.59. The smallest absolute Gasteiger partial charge is 0.408 e. The Balaban J connectivity index is 1.73. The van der Waals surface area contributed by atoms with Gasteiger partial charge in [-0.15, -0.1) is 0 Å². The minimum absolute atomic E-state index is 0.0114. The molecule has 2 aromatic rings. The fourth-order valence-corrected chi connectivity index (χ4v) is 1.92. The summed E-state index contributed by atoms with van der Waals surface area (Å²) in [5.74, 6) is 4.83. The second-order valence-electron chi connectivity index (χ2n) is 4.98. The van der Waals surface area contributed by atoms with E-state index in [4.69, 9.17) is 9.84 Å². The lowest BCUT2D eigenvalue weighted by Crippen LogP contribution is -2.24. The summed E-state index contributed by atoms with van der Waals surface area (Å²) in [6.07, 6.45) is -0.535. The van der Waals surface area contributed by atoms with Gasteiger partial charge in [-0.1, -0.05) is 54.3 Å². The molecular weight excluding hydrogens is 306 g/mol. The Hall–Kier alpha value is -3.26. The number of aliphatic carboxylic acids is 1. The molecule has 0 bridgehead atoms. The number of hydrogen-bond donors (Lipinski definition) is 2. The number of rotatable bonds is 5. The molecule has 2 aromatic carbocycles. The largest absolute Gasteiger partial charge is 0.481 e. The molecule has 1 amide bonds. The lowest BCUT2D eigenvalue weighted by Gasteiger charge is -2.04. The summed E-state index contributed by atoms with van der Waals surface area (Å²) in [6.45, 7) is 0.385. The van der Waals surface area contributed by atoms with Gasteiger partial charge in [0.25, 0.3) is 0 Å². The second kappa shape index (κ2) is 9.01. The van der Waals surface area contributed by atoms with E-state index in [0.717, 1.165) is 16.7 Å². The van der Waals surface area contributed by atoms with Crippen molar-refractivity contribution in [3.63, 3.8) is 0 Å². The van der Waals surface area contributed by atoms with Crippen LogP contribution in [0.15, 0.2) is 54.6 Å². The molecule has 0 heterocycles. The van der Waals surface area contributed by atoms with Crippen LogP contribution >= 0.6 is 0 Å². The number of alkyl carbamates (subject to hydrolysis) is 1. The third-order valence-corrected chi connectivity index (χ3v) is 3.08. The van der Waals surface area contributed by atoms with E-state index >= 15 is 0 Å². The van der Waals surface area contributed by atoms with Crippen molar-refractivity contribution in [1.29, 1.82) is 0 Å². The van der Waals surface area contributed by atoms with Crippen molar-refractivity contribution in [1.82, 2.24) is 5.32 Å². The zero-order chi connectivity index (χ0) is 17.2. The van der Waals surface area contributed by atoms with E-state index in [1.54, 1.807) is 24.3 Å². The molecule has 122 valence electrons. The van der Waals surface area contributed by atoms with Crippen LogP contribution in [0.3, 0.4) is 0 Å². The monoisotopic (exact) mass is 323 g/mol. The van der Waals surface area contributed by atoms with Crippen molar-refractivity contribution < 1.29 is 19.4 Å². The van der Waals surface area contributed by atoms with Crippen molar-refractivity contribution in [3.05, 3.63) is 71.3 Å². The Morgan fingerprint density at radius 3 is 2.38 bits per heavy atom. The number of carboxylic acids is 1. The van der Waals surface area contributed by atoms with Crippen LogP contribution in [0.5, 0.6) is 0 Å². The third-order valence-electron chi connectivity index (χ3n) is 3.08. The topological polar surface area (TPSA) is 75.6 Å². The zero-order valence-electron chi connectivity index (χ0n) is 13.0. The molecule has 0 saturated heterocycles. The first kappa shape index (κ1) is 17.1. The van der Waals surface area contributed by atoms with Crippen molar-refractivity contribution in [2.45, 2.75) is 13.0 Å². The Morgan fingerprint density at radius 1 is 1.00 bits per heavy atom. The maximum Gasteiger partial charge on any atom is 0.408 e. The summed E-state index contributed by atoms with van der Waals surface area (Å²) in [7, 11) is 0. The lowest BCUT2D eigenvalue weighted by molar-refractivity contribution is -0.136. The number of nitrogens with one attached hydrogen (secondary N) is 1. The molecule has 2 rings (SSSR count). The molecule has 0 aliphatic rings. The SMILES string of the molecule is O=C(O)Cc1ccc(C#CCNC(=O)OCc2ccccc2)cc1. The van der Waals surface area contributed by atoms with Crippen LogP contribution in [0, 0.1) is 11.8 Å². The molecule has 0 fully saturated rings. The van der Waals surface area contributed by atoms with Gasteiger partial charge < -0.3 is 15.2 Å². The van der Waals surface area contributed by atoms with E-state index < -0.39 is 12.1 Å². The fraction of sp³-hybridized carbons (Fsp3) is 0.158. The molecule has 0 aromatic heterocycles. The highest BCUT2D eigenvalue weighted by Gasteiger charge is 2.01. The number of carbonyl (C=O) groups excluding carboxylic acids is 1. The number of carbonyl (C=O) groups is 2. The van der Waals surface area contributed by atoms with E-state index in [2.05, 4.69) is 17.2 Å². The van der Waals surface area contributed by atoms with Crippen LogP contribution < -0.4 is 5.32 Å². The quantitative estimate of drug-likeness (QED) is 0.829.